The summed E-state index contributed by atoms with van der Waals surface area (Å²) >= 11 is 0. The zero-order valence-corrected chi connectivity index (χ0v) is 14.8. The van der Waals surface area contributed by atoms with Crippen molar-refractivity contribution in [3.05, 3.63) is 52.7 Å². The van der Waals surface area contributed by atoms with Crippen LogP contribution >= 0.6 is 0 Å². The maximum atomic E-state index is 13.2. The third kappa shape index (κ3) is 3.38. The van der Waals surface area contributed by atoms with Crippen LogP contribution in [0.1, 0.15) is 48.5 Å². The number of ether oxygens (including phenoxy) is 1. The van der Waals surface area contributed by atoms with E-state index >= 15 is 0 Å². The number of benzene rings is 1. The number of aromatic nitrogens is 2. The first-order valence-corrected chi connectivity index (χ1v) is 9.12. The lowest BCUT2D eigenvalue weighted by Crippen LogP contribution is -2.44. The summed E-state index contributed by atoms with van der Waals surface area (Å²) in [7, 11) is 0. The van der Waals surface area contributed by atoms with Crippen molar-refractivity contribution in [2.45, 2.75) is 51.7 Å². The van der Waals surface area contributed by atoms with E-state index in [1.54, 1.807) is 0 Å². The molecule has 1 aromatic carbocycles. The molecule has 2 heterocycles. The van der Waals surface area contributed by atoms with Crippen LogP contribution in [0.25, 0.3) is 0 Å². The van der Waals surface area contributed by atoms with Crippen LogP contribution in [0.3, 0.4) is 0 Å². The molecular weight excluding hydrogens is 317 g/mol. The molecule has 1 aliphatic carbocycles. The average molecular weight is 341 g/mol. The molecule has 1 aromatic heterocycles. The second-order valence-corrected chi connectivity index (χ2v) is 7.12. The Morgan fingerprint density at radius 1 is 1.08 bits per heavy atom. The Labute approximate surface area is 148 Å². The molecule has 0 radical (unpaired) electrons. The van der Waals surface area contributed by atoms with Crippen LogP contribution in [0.15, 0.2) is 24.3 Å². The van der Waals surface area contributed by atoms with Crippen molar-refractivity contribution in [1.29, 1.82) is 0 Å². The van der Waals surface area contributed by atoms with Gasteiger partial charge in [-0.1, -0.05) is 12.1 Å². The minimum absolute atomic E-state index is 0.0705. The molecule has 1 fully saturated rings. The van der Waals surface area contributed by atoms with Crippen LogP contribution in [0, 0.1) is 12.7 Å². The number of anilines is 1. The van der Waals surface area contributed by atoms with Crippen molar-refractivity contribution in [2.75, 3.05) is 18.0 Å². The lowest BCUT2D eigenvalue weighted by Gasteiger charge is -2.39. The highest BCUT2D eigenvalue weighted by atomic mass is 19.1. The Morgan fingerprint density at radius 3 is 2.64 bits per heavy atom. The van der Waals surface area contributed by atoms with Gasteiger partial charge >= 0.3 is 0 Å². The summed E-state index contributed by atoms with van der Waals surface area (Å²) in [6, 6.07) is 6.63. The summed E-state index contributed by atoms with van der Waals surface area (Å²) in [5.41, 5.74) is 3.53. The molecule has 2 unspecified atom stereocenters. The smallest absolute Gasteiger partial charge is 0.135 e. The number of rotatable bonds is 2. The number of hydrogen-bond acceptors (Lipinski definition) is 4. The van der Waals surface area contributed by atoms with E-state index < -0.39 is 0 Å². The summed E-state index contributed by atoms with van der Waals surface area (Å²) in [5.74, 6) is 1.70. The molecule has 0 N–H and O–H groups in total. The van der Waals surface area contributed by atoms with Gasteiger partial charge in [0.1, 0.15) is 23.6 Å². The van der Waals surface area contributed by atoms with Gasteiger partial charge in [0.2, 0.25) is 0 Å². The van der Waals surface area contributed by atoms with Gasteiger partial charge < -0.3 is 9.64 Å². The van der Waals surface area contributed by atoms with Crippen molar-refractivity contribution in [2.24, 2.45) is 0 Å². The lowest BCUT2D eigenvalue weighted by atomic mass is 9.95. The fourth-order valence-electron chi connectivity index (χ4n) is 3.94. The highest BCUT2D eigenvalue weighted by Crippen LogP contribution is 2.33. The van der Waals surface area contributed by atoms with Gasteiger partial charge in [0, 0.05) is 24.3 Å². The van der Waals surface area contributed by atoms with E-state index in [1.807, 2.05) is 19.1 Å². The quantitative estimate of drug-likeness (QED) is 0.833. The molecule has 1 saturated heterocycles. The first-order chi connectivity index (χ1) is 12.1. The topological polar surface area (TPSA) is 38.2 Å². The second-order valence-electron chi connectivity index (χ2n) is 7.12. The summed E-state index contributed by atoms with van der Waals surface area (Å²) in [6.07, 6.45) is 4.54. The third-order valence-corrected chi connectivity index (χ3v) is 5.07. The van der Waals surface area contributed by atoms with Gasteiger partial charge in [-0.15, -0.1) is 0 Å². The Kier molecular flexibility index (Phi) is 4.42. The van der Waals surface area contributed by atoms with Crippen molar-refractivity contribution < 1.29 is 9.13 Å². The summed E-state index contributed by atoms with van der Waals surface area (Å²) in [6.45, 7) is 5.61. The third-order valence-electron chi connectivity index (χ3n) is 5.07. The van der Waals surface area contributed by atoms with E-state index in [0.717, 1.165) is 43.1 Å². The van der Waals surface area contributed by atoms with Crippen LogP contribution in [-0.4, -0.2) is 29.2 Å². The molecule has 4 rings (SSSR count). The molecule has 2 atom stereocenters. The van der Waals surface area contributed by atoms with Crippen molar-refractivity contribution in [3.8, 4) is 0 Å². The highest BCUT2D eigenvalue weighted by molar-refractivity contribution is 5.51. The van der Waals surface area contributed by atoms with Crippen LogP contribution in [0.2, 0.25) is 0 Å². The predicted octanol–water partition coefficient (Wildman–Crippen LogP) is 3.77. The fourth-order valence-corrected chi connectivity index (χ4v) is 3.94. The fraction of sp³-hybridized carbons (Fsp3) is 0.500. The molecule has 1 aliphatic heterocycles. The normalized spacial score (nSPS) is 23.4. The first kappa shape index (κ1) is 16.5. The van der Waals surface area contributed by atoms with Gasteiger partial charge in [0.05, 0.1) is 6.10 Å². The number of aryl methyl sites for hydroxylation is 2. The van der Waals surface area contributed by atoms with Gasteiger partial charge in [-0.3, -0.25) is 0 Å². The number of nitrogens with zero attached hydrogens (tertiary/aromatic N) is 3. The highest BCUT2D eigenvalue weighted by Gasteiger charge is 2.30. The molecule has 2 aromatic rings. The predicted molar refractivity (Wildman–Crippen MR) is 95.3 cm³/mol. The van der Waals surface area contributed by atoms with E-state index in [-0.39, 0.29) is 18.0 Å². The van der Waals surface area contributed by atoms with Gasteiger partial charge in [0.15, 0.2) is 0 Å². The molecule has 0 bridgehead atoms. The van der Waals surface area contributed by atoms with Gasteiger partial charge in [-0.25, -0.2) is 14.4 Å². The maximum Gasteiger partial charge on any atom is 0.135 e. The van der Waals surface area contributed by atoms with Crippen LogP contribution in [0.4, 0.5) is 10.2 Å². The molecule has 5 heteroatoms. The van der Waals surface area contributed by atoms with E-state index in [9.17, 15) is 4.39 Å². The molecule has 0 saturated carbocycles. The number of hydrogen-bond donors (Lipinski definition) is 0. The van der Waals surface area contributed by atoms with Gasteiger partial charge in [-0.05, 0) is 57.2 Å². The van der Waals surface area contributed by atoms with E-state index in [1.165, 1.54) is 36.2 Å². The number of morpholine rings is 1. The lowest BCUT2D eigenvalue weighted by molar-refractivity contribution is -0.0177. The minimum Gasteiger partial charge on any atom is -0.367 e. The molecule has 4 nitrogen and oxygen atoms in total. The second kappa shape index (κ2) is 6.71. The Bertz CT molecular complexity index is 762. The molecule has 132 valence electrons. The number of halogens is 1. The molecule has 2 aliphatic rings. The summed E-state index contributed by atoms with van der Waals surface area (Å²) in [4.78, 5) is 11.8. The molecule has 0 spiro atoms. The monoisotopic (exact) mass is 341 g/mol. The van der Waals surface area contributed by atoms with Gasteiger partial charge in [-0.2, -0.15) is 0 Å². The van der Waals surface area contributed by atoms with Gasteiger partial charge in [0.25, 0.3) is 0 Å². The Morgan fingerprint density at radius 2 is 1.84 bits per heavy atom. The van der Waals surface area contributed by atoms with Crippen molar-refractivity contribution in [1.82, 2.24) is 9.97 Å². The minimum atomic E-state index is -0.218. The number of fused-ring (bicyclic) bond motifs is 1. The average Bonchev–Trinajstić information content (AvgIpc) is 2.61. The first-order valence-electron chi connectivity index (χ1n) is 9.12. The largest absolute Gasteiger partial charge is 0.367 e. The Hall–Kier alpha value is -2.01. The van der Waals surface area contributed by atoms with E-state index in [4.69, 9.17) is 9.72 Å². The Balaban J connectivity index is 1.66. The standard InChI is InChI=1S/C20H24FN3O/c1-13-11-24(12-19(25-13)15-7-9-16(21)10-8-15)20-17-5-3-4-6-18(17)22-14(2)23-20/h7-10,13,19H,3-6,11-12H2,1-2H3. The molecular formula is C20H24FN3O. The summed E-state index contributed by atoms with van der Waals surface area (Å²) < 4.78 is 19.4. The zero-order valence-electron chi connectivity index (χ0n) is 14.8. The maximum absolute atomic E-state index is 13.2. The van der Waals surface area contributed by atoms with Crippen LogP contribution in [-0.2, 0) is 17.6 Å². The van der Waals surface area contributed by atoms with Crippen molar-refractivity contribution >= 4 is 5.82 Å². The van der Waals surface area contributed by atoms with Crippen LogP contribution < -0.4 is 4.90 Å². The van der Waals surface area contributed by atoms with E-state index in [0.29, 0.717) is 0 Å². The molecule has 0 amide bonds. The summed E-state index contributed by atoms with van der Waals surface area (Å²) in [5, 5.41) is 0. The SMILES string of the molecule is Cc1nc2c(c(N3CC(C)OC(c4ccc(F)cc4)C3)n1)CCCC2. The van der Waals surface area contributed by atoms with Crippen LogP contribution in [0.5, 0.6) is 0 Å². The molecule has 25 heavy (non-hydrogen) atoms. The zero-order chi connectivity index (χ0) is 17.4. The van der Waals surface area contributed by atoms with Crippen molar-refractivity contribution in [3.63, 3.8) is 0 Å². The van der Waals surface area contributed by atoms with E-state index in [2.05, 4.69) is 16.8 Å².